The van der Waals surface area contributed by atoms with E-state index < -0.39 is 18.1 Å². The van der Waals surface area contributed by atoms with Crippen LogP contribution in [0.15, 0.2) is 30.3 Å². The summed E-state index contributed by atoms with van der Waals surface area (Å²) in [7, 11) is 0. The summed E-state index contributed by atoms with van der Waals surface area (Å²) >= 11 is 1.61. The number of thioether (sulfide) groups is 1. The van der Waals surface area contributed by atoms with Gasteiger partial charge in [-0.1, -0.05) is 30.3 Å². The average molecular weight is 281 g/mol. The van der Waals surface area contributed by atoms with Gasteiger partial charge in [0.15, 0.2) is 0 Å². The second-order valence-corrected chi connectivity index (χ2v) is 5.73. The van der Waals surface area contributed by atoms with Crippen LogP contribution in [-0.2, 0) is 10.5 Å². The van der Waals surface area contributed by atoms with Gasteiger partial charge in [0.05, 0.1) is 0 Å². The van der Waals surface area contributed by atoms with Crippen LogP contribution in [0.3, 0.4) is 0 Å². The number of nitrogens with zero attached hydrogens (tertiary/aromatic N) is 1. The number of amides is 1. The van der Waals surface area contributed by atoms with Gasteiger partial charge in [0.2, 0.25) is 0 Å². The van der Waals surface area contributed by atoms with E-state index in [1.807, 2.05) is 30.3 Å². The Morgan fingerprint density at radius 2 is 1.95 bits per heavy atom. The van der Waals surface area contributed by atoms with Crippen molar-refractivity contribution in [2.24, 2.45) is 0 Å². The van der Waals surface area contributed by atoms with Crippen molar-refractivity contribution in [3.8, 4) is 0 Å². The van der Waals surface area contributed by atoms with Crippen molar-refractivity contribution in [2.45, 2.75) is 23.5 Å². The number of rotatable bonds is 4. The minimum absolute atomic E-state index is 0.0393. The predicted octanol–water partition coefficient (Wildman–Crippen LogP) is 2.13. The molecule has 1 fully saturated rings. The van der Waals surface area contributed by atoms with Crippen molar-refractivity contribution in [2.75, 3.05) is 6.54 Å². The van der Waals surface area contributed by atoms with E-state index in [1.165, 1.54) is 0 Å². The van der Waals surface area contributed by atoms with E-state index in [0.29, 0.717) is 6.42 Å². The van der Waals surface area contributed by atoms with Crippen LogP contribution in [0.5, 0.6) is 0 Å². The second kappa shape index (κ2) is 5.97. The molecule has 0 unspecified atom stereocenters. The van der Waals surface area contributed by atoms with E-state index in [2.05, 4.69) is 0 Å². The lowest BCUT2D eigenvalue weighted by atomic mass is 10.2. The molecule has 0 aromatic heterocycles. The molecule has 0 bridgehead atoms. The van der Waals surface area contributed by atoms with Crippen LogP contribution in [0, 0.1) is 0 Å². The van der Waals surface area contributed by atoms with Crippen LogP contribution in [0.2, 0.25) is 0 Å². The zero-order valence-electron chi connectivity index (χ0n) is 10.2. The molecule has 102 valence electrons. The molecule has 1 amide bonds. The Bertz CT molecular complexity index is 443. The molecule has 1 saturated heterocycles. The fourth-order valence-electron chi connectivity index (χ4n) is 2.15. The van der Waals surface area contributed by atoms with Crippen LogP contribution in [0.4, 0.5) is 4.79 Å². The highest BCUT2D eigenvalue weighted by atomic mass is 32.2. The smallest absolute Gasteiger partial charge is 0.408 e. The lowest BCUT2D eigenvalue weighted by Gasteiger charge is -2.16. The molecule has 1 aliphatic heterocycles. The van der Waals surface area contributed by atoms with Crippen LogP contribution >= 0.6 is 11.8 Å². The topological polar surface area (TPSA) is 77.8 Å². The Labute approximate surface area is 115 Å². The molecular formula is C13H15NO4S. The van der Waals surface area contributed by atoms with Crippen molar-refractivity contribution < 1.29 is 19.8 Å². The first-order valence-electron chi connectivity index (χ1n) is 5.96. The van der Waals surface area contributed by atoms with E-state index in [9.17, 15) is 9.59 Å². The molecule has 2 N–H and O–H groups in total. The van der Waals surface area contributed by atoms with Gasteiger partial charge in [-0.05, 0) is 12.0 Å². The second-order valence-electron chi connectivity index (χ2n) is 4.44. The summed E-state index contributed by atoms with van der Waals surface area (Å²) in [6.45, 7) is 0.282. The maximum Gasteiger partial charge on any atom is 0.408 e. The lowest BCUT2D eigenvalue weighted by Crippen LogP contribution is -2.39. The number of carboxylic acids is 1. The first-order chi connectivity index (χ1) is 9.08. The Morgan fingerprint density at radius 3 is 2.47 bits per heavy atom. The van der Waals surface area contributed by atoms with Crippen molar-refractivity contribution in [1.82, 2.24) is 4.90 Å². The maximum absolute atomic E-state index is 11.0. The number of hydrogen-bond acceptors (Lipinski definition) is 3. The monoisotopic (exact) mass is 281 g/mol. The Hall–Kier alpha value is -1.69. The Balaban J connectivity index is 1.93. The third kappa shape index (κ3) is 3.41. The van der Waals surface area contributed by atoms with E-state index >= 15 is 0 Å². The molecule has 19 heavy (non-hydrogen) atoms. The van der Waals surface area contributed by atoms with Gasteiger partial charge in [-0.15, -0.1) is 0 Å². The molecule has 0 saturated carbocycles. The zero-order chi connectivity index (χ0) is 13.8. The molecule has 1 aromatic rings. The van der Waals surface area contributed by atoms with Crippen LogP contribution < -0.4 is 0 Å². The molecule has 6 heteroatoms. The summed E-state index contributed by atoms with van der Waals surface area (Å²) in [4.78, 5) is 23.0. The Kier molecular flexibility index (Phi) is 4.31. The quantitative estimate of drug-likeness (QED) is 0.884. The largest absolute Gasteiger partial charge is 0.480 e. The van der Waals surface area contributed by atoms with Gasteiger partial charge in [-0.25, -0.2) is 9.59 Å². The minimum Gasteiger partial charge on any atom is -0.480 e. The number of likely N-dealkylation sites (tertiary alicyclic amines) is 1. The third-order valence-corrected chi connectivity index (χ3v) is 4.43. The maximum atomic E-state index is 11.0. The SMILES string of the molecule is O=C(O)[C@@H]1C[C@@H](SCc2ccccc2)CN1C(=O)O. The standard InChI is InChI=1S/C13H15NO4S/c15-12(16)11-6-10(7-14(11)13(17)18)19-8-9-4-2-1-3-5-9/h1-5,10-11H,6-8H2,(H,15,16)(H,17,18)/t10-,11+/m1/s1. The molecule has 1 aromatic carbocycles. The van der Waals surface area contributed by atoms with Crippen molar-refractivity contribution in [1.29, 1.82) is 0 Å². The number of benzene rings is 1. The summed E-state index contributed by atoms with van der Waals surface area (Å²) in [5.41, 5.74) is 1.16. The average Bonchev–Trinajstić information content (AvgIpc) is 2.82. The van der Waals surface area contributed by atoms with Gasteiger partial charge >= 0.3 is 12.1 Å². The molecule has 2 atom stereocenters. The highest BCUT2D eigenvalue weighted by Gasteiger charge is 2.39. The molecule has 1 heterocycles. The first kappa shape index (κ1) is 13.7. The summed E-state index contributed by atoms with van der Waals surface area (Å²) in [5, 5.41) is 18.0. The van der Waals surface area contributed by atoms with Crippen molar-refractivity contribution in [3.63, 3.8) is 0 Å². The van der Waals surface area contributed by atoms with E-state index in [-0.39, 0.29) is 11.8 Å². The van der Waals surface area contributed by atoms with Gasteiger partial charge in [-0.2, -0.15) is 11.8 Å². The molecule has 5 nitrogen and oxygen atoms in total. The fourth-order valence-corrected chi connectivity index (χ4v) is 3.36. The summed E-state index contributed by atoms with van der Waals surface area (Å²) in [6.07, 6.45) is -0.783. The molecule has 0 spiro atoms. The van der Waals surface area contributed by atoms with Gasteiger partial charge in [0.25, 0.3) is 0 Å². The minimum atomic E-state index is -1.16. The van der Waals surface area contributed by atoms with E-state index in [1.54, 1.807) is 11.8 Å². The predicted molar refractivity (Wildman–Crippen MR) is 72.3 cm³/mol. The van der Waals surface area contributed by atoms with Gasteiger partial charge < -0.3 is 10.2 Å². The van der Waals surface area contributed by atoms with Gasteiger partial charge in [0, 0.05) is 17.5 Å². The molecule has 0 aliphatic carbocycles. The van der Waals surface area contributed by atoms with Crippen LogP contribution in [0.25, 0.3) is 0 Å². The first-order valence-corrected chi connectivity index (χ1v) is 7.00. The number of aliphatic carboxylic acids is 1. The molecule has 1 aliphatic rings. The van der Waals surface area contributed by atoms with Crippen molar-refractivity contribution >= 4 is 23.8 Å². The summed E-state index contributed by atoms with van der Waals surface area (Å²) in [5.74, 6) is -0.295. The van der Waals surface area contributed by atoms with Gasteiger partial charge in [0.1, 0.15) is 6.04 Å². The fraction of sp³-hybridized carbons (Fsp3) is 0.385. The number of carboxylic acid groups (broad SMARTS) is 2. The molecular weight excluding hydrogens is 266 g/mol. The van der Waals surface area contributed by atoms with Crippen molar-refractivity contribution in [3.05, 3.63) is 35.9 Å². The highest BCUT2D eigenvalue weighted by molar-refractivity contribution is 7.99. The van der Waals surface area contributed by atoms with E-state index in [4.69, 9.17) is 10.2 Å². The molecule has 0 radical (unpaired) electrons. The highest BCUT2D eigenvalue weighted by Crippen LogP contribution is 2.30. The van der Waals surface area contributed by atoms with E-state index in [0.717, 1.165) is 16.2 Å². The summed E-state index contributed by atoms with van der Waals surface area (Å²) in [6, 6.07) is 8.95. The van der Waals surface area contributed by atoms with Crippen LogP contribution in [0.1, 0.15) is 12.0 Å². The molecule has 2 rings (SSSR count). The lowest BCUT2D eigenvalue weighted by molar-refractivity contribution is -0.141. The normalized spacial score (nSPS) is 22.4. The third-order valence-electron chi connectivity index (χ3n) is 3.12. The van der Waals surface area contributed by atoms with Crippen LogP contribution in [-0.4, -0.2) is 45.0 Å². The zero-order valence-corrected chi connectivity index (χ0v) is 11.0. The number of hydrogen-bond donors (Lipinski definition) is 2. The van der Waals surface area contributed by atoms with Gasteiger partial charge in [-0.3, -0.25) is 4.90 Å². The number of carbonyl (C=O) groups is 2. The summed E-state index contributed by atoms with van der Waals surface area (Å²) < 4.78 is 0. The Morgan fingerprint density at radius 1 is 1.26 bits per heavy atom.